The van der Waals surface area contributed by atoms with Crippen molar-refractivity contribution in [1.29, 1.82) is 0 Å². The van der Waals surface area contributed by atoms with Crippen molar-refractivity contribution in [3.8, 4) is 5.75 Å². The van der Waals surface area contributed by atoms with Gasteiger partial charge in [-0.1, -0.05) is 11.6 Å². The first-order valence-electron chi connectivity index (χ1n) is 7.06. The van der Waals surface area contributed by atoms with E-state index in [0.29, 0.717) is 0 Å². The number of nitro groups is 1. The third-order valence-corrected chi connectivity index (χ3v) is 3.46. The maximum atomic E-state index is 12.9. The van der Waals surface area contributed by atoms with Crippen LogP contribution in [0.3, 0.4) is 0 Å². The molecule has 0 radical (unpaired) electrons. The molecule has 10 heteroatoms. The van der Waals surface area contributed by atoms with Gasteiger partial charge in [-0.2, -0.15) is 0 Å². The van der Waals surface area contributed by atoms with Crippen molar-refractivity contribution in [1.82, 2.24) is 0 Å². The van der Waals surface area contributed by atoms with Crippen molar-refractivity contribution in [2.45, 2.75) is 0 Å². The predicted octanol–water partition coefficient (Wildman–Crippen LogP) is 3.19. The third-order valence-electron chi connectivity index (χ3n) is 3.15. The SMILES string of the molecule is COc1ccc(C(=O)OCC(=O)Nc2ccc(F)cc2Cl)cc1[N+](=O)[O-]. The van der Waals surface area contributed by atoms with Crippen LogP contribution in [0.25, 0.3) is 0 Å². The van der Waals surface area contributed by atoms with Gasteiger partial charge >= 0.3 is 11.7 Å². The van der Waals surface area contributed by atoms with Gasteiger partial charge in [-0.05, 0) is 30.3 Å². The van der Waals surface area contributed by atoms with E-state index in [1.807, 2.05) is 0 Å². The summed E-state index contributed by atoms with van der Waals surface area (Å²) in [5, 5.41) is 13.3. The van der Waals surface area contributed by atoms with Crippen LogP contribution in [-0.2, 0) is 9.53 Å². The number of nitro benzene ring substituents is 1. The van der Waals surface area contributed by atoms with Crippen LogP contribution in [0.4, 0.5) is 15.8 Å². The van der Waals surface area contributed by atoms with Gasteiger partial charge in [0.1, 0.15) is 5.82 Å². The van der Waals surface area contributed by atoms with Gasteiger partial charge in [0.05, 0.1) is 28.3 Å². The lowest BCUT2D eigenvalue weighted by Gasteiger charge is -2.08. The molecule has 0 fully saturated rings. The number of carbonyl (C=O) groups excluding carboxylic acids is 2. The molecule has 2 aromatic carbocycles. The first-order chi connectivity index (χ1) is 12.3. The molecule has 0 spiro atoms. The number of methoxy groups -OCH3 is 1. The summed E-state index contributed by atoms with van der Waals surface area (Å²) in [6.45, 7) is -0.660. The van der Waals surface area contributed by atoms with Crippen molar-refractivity contribution < 1.29 is 28.4 Å². The molecule has 136 valence electrons. The number of hydrogen-bond acceptors (Lipinski definition) is 6. The van der Waals surface area contributed by atoms with Crippen molar-refractivity contribution in [3.63, 3.8) is 0 Å². The van der Waals surface area contributed by atoms with Gasteiger partial charge in [-0.25, -0.2) is 9.18 Å². The predicted molar refractivity (Wildman–Crippen MR) is 90.0 cm³/mol. The van der Waals surface area contributed by atoms with Crippen molar-refractivity contribution in [3.05, 3.63) is 62.9 Å². The van der Waals surface area contributed by atoms with E-state index in [1.165, 1.54) is 25.3 Å². The summed E-state index contributed by atoms with van der Waals surface area (Å²) < 4.78 is 22.6. The Morgan fingerprint density at radius 1 is 1.27 bits per heavy atom. The Kier molecular flexibility index (Phi) is 6.07. The molecule has 0 saturated heterocycles. The number of anilines is 1. The molecule has 2 aromatic rings. The van der Waals surface area contributed by atoms with Crippen LogP contribution in [0.5, 0.6) is 5.75 Å². The van der Waals surface area contributed by atoms with E-state index in [1.54, 1.807) is 0 Å². The van der Waals surface area contributed by atoms with Crippen LogP contribution < -0.4 is 10.1 Å². The molecule has 8 nitrogen and oxygen atoms in total. The Labute approximate surface area is 151 Å². The smallest absolute Gasteiger partial charge is 0.338 e. The van der Waals surface area contributed by atoms with Crippen molar-refractivity contribution >= 4 is 34.9 Å². The van der Waals surface area contributed by atoms with E-state index >= 15 is 0 Å². The molecule has 1 N–H and O–H groups in total. The van der Waals surface area contributed by atoms with E-state index in [-0.39, 0.29) is 22.0 Å². The number of benzene rings is 2. The second-order valence-electron chi connectivity index (χ2n) is 4.89. The molecule has 0 aliphatic carbocycles. The van der Waals surface area contributed by atoms with E-state index in [0.717, 1.165) is 18.2 Å². The number of halogens is 2. The summed E-state index contributed by atoms with van der Waals surface area (Å²) in [6.07, 6.45) is 0. The summed E-state index contributed by atoms with van der Waals surface area (Å²) in [5.74, 6) is -2.23. The molecule has 26 heavy (non-hydrogen) atoms. The molecule has 1 amide bonds. The Hall–Kier alpha value is -3.20. The maximum absolute atomic E-state index is 12.9. The number of amides is 1. The Bertz CT molecular complexity index is 874. The minimum absolute atomic E-state index is 0.0181. The fourth-order valence-electron chi connectivity index (χ4n) is 1.95. The number of esters is 1. The molecule has 0 aliphatic heterocycles. The lowest BCUT2D eigenvalue weighted by atomic mass is 10.2. The number of ether oxygens (including phenoxy) is 2. The summed E-state index contributed by atoms with van der Waals surface area (Å²) >= 11 is 5.77. The summed E-state index contributed by atoms with van der Waals surface area (Å²) in [6, 6.07) is 6.86. The molecule has 0 bridgehead atoms. The van der Waals surface area contributed by atoms with Crippen molar-refractivity contribution in [2.75, 3.05) is 19.0 Å². The molecule has 0 aliphatic rings. The van der Waals surface area contributed by atoms with E-state index in [2.05, 4.69) is 5.32 Å². The second-order valence-corrected chi connectivity index (χ2v) is 5.30. The molecular weight excluding hydrogens is 371 g/mol. The Morgan fingerprint density at radius 3 is 2.62 bits per heavy atom. The van der Waals surface area contributed by atoms with Crippen LogP contribution in [0.2, 0.25) is 5.02 Å². The second kappa shape index (κ2) is 8.26. The number of hydrogen-bond donors (Lipinski definition) is 1. The number of carbonyl (C=O) groups is 2. The van der Waals surface area contributed by atoms with Gasteiger partial charge in [0.2, 0.25) is 0 Å². The minimum atomic E-state index is -0.934. The molecule has 0 heterocycles. The van der Waals surface area contributed by atoms with Crippen LogP contribution in [0.1, 0.15) is 10.4 Å². The van der Waals surface area contributed by atoms with Gasteiger partial charge in [-0.3, -0.25) is 14.9 Å². The largest absolute Gasteiger partial charge is 0.490 e. The van der Waals surface area contributed by atoms with E-state index < -0.39 is 34.9 Å². The standard InChI is InChI=1S/C16H12ClFN2O6/c1-25-14-5-2-9(6-13(14)20(23)24)16(22)26-8-15(21)19-12-4-3-10(18)7-11(12)17/h2-7H,8H2,1H3,(H,19,21). The average Bonchev–Trinajstić information content (AvgIpc) is 2.61. The highest BCUT2D eigenvalue weighted by atomic mass is 35.5. The van der Waals surface area contributed by atoms with E-state index in [9.17, 15) is 24.1 Å². The fraction of sp³-hybridized carbons (Fsp3) is 0.125. The first-order valence-corrected chi connectivity index (χ1v) is 7.44. The molecular formula is C16H12ClFN2O6. The van der Waals surface area contributed by atoms with Gasteiger partial charge in [0.25, 0.3) is 5.91 Å². The first kappa shape index (κ1) is 19.1. The number of rotatable bonds is 6. The third kappa shape index (κ3) is 4.67. The Balaban J connectivity index is 2.00. The highest BCUT2D eigenvalue weighted by molar-refractivity contribution is 6.33. The lowest BCUT2D eigenvalue weighted by Crippen LogP contribution is -2.21. The van der Waals surface area contributed by atoms with Crippen LogP contribution >= 0.6 is 11.6 Å². The minimum Gasteiger partial charge on any atom is -0.490 e. The zero-order valence-corrected chi connectivity index (χ0v) is 14.1. The summed E-state index contributed by atoms with van der Waals surface area (Å²) in [4.78, 5) is 34.0. The summed E-state index contributed by atoms with van der Waals surface area (Å²) in [5.41, 5.74) is -0.385. The molecule has 0 atom stereocenters. The number of nitrogens with zero attached hydrogens (tertiary/aromatic N) is 1. The highest BCUT2D eigenvalue weighted by Gasteiger charge is 2.19. The van der Waals surface area contributed by atoms with Gasteiger partial charge in [0.15, 0.2) is 12.4 Å². The topological polar surface area (TPSA) is 108 Å². The van der Waals surface area contributed by atoms with E-state index in [4.69, 9.17) is 21.1 Å². The fourth-order valence-corrected chi connectivity index (χ4v) is 2.17. The Morgan fingerprint density at radius 2 is 2.00 bits per heavy atom. The monoisotopic (exact) mass is 382 g/mol. The molecule has 0 aromatic heterocycles. The average molecular weight is 383 g/mol. The van der Waals surface area contributed by atoms with Gasteiger partial charge in [-0.15, -0.1) is 0 Å². The lowest BCUT2D eigenvalue weighted by molar-refractivity contribution is -0.385. The number of nitrogens with one attached hydrogen (secondary N) is 1. The zero-order chi connectivity index (χ0) is 19.3. The normalized spacial score (nSPS) is 10.1. The summed E-state index contributed by atoms with van der Waals surface area (Å²) in [7, 11) is 1.26. The highest BCUT2D eigenvalue weighted by Crippen LogP contribution is 2.27. The van der Waals surface area contributed by atoms with Gasteiger partial charge in [0, 0.05) is 6.07 Å². The van der Waals surface area contributed by atoms with Crippen LogP contribution in [-0.4, -0.2) is 30.5 Å². The molecule has 0 saturated carbocycles. The van der Waals surface area contributed by atoms with Crippen molar-refractivity contribution in [2.24, 2.45) is 0 Å². The zero-order valence-electron chi connectivity index (χ0n) is 13.3. The molecule has 0 unspecified atom stereocenters. The van der Waals surface area contributed by atoms with Crippen LogP contribution in [0, 0.1) is 15.9 Å². The van der Waals surface area contributed by atoms with Gasteiger partial charge < -0.3 is 14.8 Å². The maximum Gasteiger partial charge on any atom is 0.338 e. The quantitative estimate of drug-likeness (QED) is 0.467. The molecule has 2 rings (SSSR count). The van der Waals surface area contributed by atoms with Crippen LogP contribution in [0.15, 0.2) is 36.4 Å².